The summed E-state index contributed by atoms with van der Waals surface area (Å²) in [5.41, 5.74) is 6.61. The van der Waals surface area contributed by atoms with Crippen molar-refractivity contribution in [3.63, 3.8) is 0 Å². The van der Waals surface area contributed by atoms with Crippen molar-refractivity contribution in [1.29, 1.82) is 5.26 Å². The van der Waals surface area contributed by atoms with Crippen LogP contribution >= 0.6 is 0 Å². The van der Waals surface area contributed by atoms with E-state index in [1.807, 2.05) is 6.07 Å². The maximum Gasteiger partial charge on any atom is 0.344 e. The zero-order valence-corrected chi connectivity index (χ0v) is 17.2. The number of rotatable bonds is 2. The van der Waals surface area contributed by atoms with Gasteiger partial charge < -0.3 is 14.9 Å². The summed E-state index contributed by atoms with van der Waals surface area (Å²) in [5, 5.41) is 10.2. The third-order valence-corrected chi connectivity index (χ3v) is 5.74. The highest BCUT2D eigenvalue weighted by Crippen LogP contribution is 2.44. The molecule has 0 saturated heterocycles. The predicted octanol–water partition coefficient (Wildman–Crippen LogP) is 4.66. The lowest BCUT2D eigenvalue weighted by atomic mass is 9.83. The van der Waals surface area contributed by atoms with Crippen molar-refractivity contribution in [3.8, 4) is 22.9 Å². The largest absolute Gasteiger partial charge is 0.439 e. The molecule has 6 nitrogen and oxygen atoms in total. The molecule has 1 atom stereocenters. The van der Waals surface area contributed by atoms with Crippen LogP contribution in [0.5, 0.6) is 5.75 Å². The molecule has 0 radical (unpaired) electrons. The molecule has 162 valence electrons. The van der Waals surface area contributed by atoms with Crippen LogP contribution in [0, 0.1) is 30.0 Å². The number of fused-ring (bicyclic) bond motifs is 3. The zero-order valence-electron chi connectivity index (χ0n) is 17.2. The first-order valence-electron chi connectivity index (χ1n) is 9.95. The fourth-order valence-electron chi connectivity index (χ4n) is 4.13. The van der Waals surface area contributed by atoms with Gasteiger partial charge in [-0.1, -0.05) is 24.3 Å². The molecule has 0 saturated carbocycles. The van der Waals surface area contributed by atoms with Crippen LogP contribution in [0.15, 0.2) is 75.4 Å². The van der Waals surface area contributed by atoms with Gasteiger partial charge in [-0.3, -0.25) is 0 Å². The number of halogens is 2. The molecule has 4 aromatic rings. The first-order valence-corrected chi connectivity index (χ1v) is 9.95. The van der Waals surface area contributed by atoms with Gasteiger partial charge in [-0.25, -0.2) is 14.2 Å². The Balaban J connectivity index is 1.74. The van der Waals surface area contributed by atoms with Gasteiger partial charge in [0, 0.05) is 17.3 Å². The van der Waals surface area contributed by atoms with Crippen LogP contribution in [0.4, 0.5) is 8.78 Å². The van der Waals surface area contributed by atoms with Crippen molar-refractivity contribution in [3.05, 3.63) is 105 Å². The topological polar surface area (TPSA) is 102 Å². The number of hydrogen-bond acceptors (Lipinski definition) is 6. The fourth-order valence-corrected chi connectivity index (χ4v) is 4.13. The lowest BCUT2D eigenvalue weighted by molar-refractivity contribution is 0.387. The van der Waals surface area contributed by atoms with Crippen LogP contribution in [0.25, 0.3) is 22.1 Å². The Labute approximate surface area is 186 Å². The molecule has 2 N–H and O–H groups in total. The molecule has 1 aliphatic rings. The van der Waals surface area contributed by atoms with Crippen molar-refractivity contribution < 1.29 is 17.9 Å². The smallest absolute Gasteiger partial charge is 0.344 e. The van der Waals surface area contributed by atoms with Crippen molar-refractivity contribution in [2.45, 2.75) is 12.8 Å². The van der Waals surface area contributed by atoms with Gasteiger partial charge in [-0.15, -0.1) is 0 Å². The van der Waals surface area contributed by atoms with Gasteiger partial charge in [-0.2, -0.15) is 9.65 Å². The Morgan fingerprint density at radius 1 is 1.15 bits per heavy atom. The van der Waals surface area contributed by atoms with Crippen LogP contribution in [0.2, 0.25) is 0 Å². The maximum atomic E-state index is 15.5. The van der Waals surface area contributed by atoms with Crippen molar-refractivity contribution in [1.82, 2.24) is 4.98 Å². The van der Waals surface area contributed by atoms with Crippen LogP contribution in [-0.4, -0.2) is 4.98 Å². The molecule has 3 heterocycles. The number of hydrogen-bond donors (Lipinski definition) is 1. The van der Waals surface area contributed by atoms with Gasteiger partial charge in [-0.05, 0) is 42.3 Å². The van der Waals surface area contributed by atoms with E-state index in [1.165, 1.54) is 18.3 Å². The second-order valence-electron chi connectivity index (χ2n) is 7.56. The molecule has 0 bridgehead atoms. The summed E-state index contributed by atoms with van der Waals surface area (Å²) in [7, 11) is 0. The maximum absolute atomic E-state index is 15.5. The molecule has 5 rings (SSSR count). The molecule has 1 aliphatic heterocycles. The minimum absolute atomic E-state index is 0.0164. The van der Waals surface area contributed by atoms with E-state index in [1.54, 1.807) is 43.3 Å². The number of aromatic nitrogens is 1. The number of ether oxygens (including phenoxy) is 1. The van der Waals surface area contributed by atoms with E-state index in [-0.39, 0.29) is 39.5 Å². The number of allylic oxidation sites excluding steroid dienone is 1. The quantitative estimate of drug-likeness (QED) is 0.357. The van der Waals surface area contributed by atoms with Gasteiger partial charge >= 0.3 is 5.63 Å². The summed E-state index contributed by atoms with van der Waals surface area (Å²) < 4.78 is 40.4. The van der Waals surface area contributed by atoms with Gasteiger partial charge in [0.05, 0.1) is 16.9 Å². The first-order chi connectivity index (χ1) is 15.9. The van der Waals surface area contributed by atoms with E-state index in [0.717, 1.165) is 0 Å². The highest BCUT2D eigenvalue weighted by Gasteiger charge is 2.37. The summed E-state index contributed by atoms with van der Waals surface area (Å²) in [6, 6.07) is 14.5. The Morgan fingerprint density at radius 3 is 2.70 bits per heavy atom. The fraction of sp³-hybridized carbons (Fsp3) is 0.0800. The average Bonchev–Trinajstić information content (AvgIpc) is 2.80. The van der Waals surface area contributed by atoms with Crippen molar-refractivity contribution in [2.75, 3.05) is 0 Å². The Bertz CT molecular complexity index is 1580. The summed E-state index contributed by atoms with van der Waals surface area (Å²) in [6.45, 7) is 1.55. The van der Waals surface area contributed by atoms with Gasteiger partial charge in [0.25, 0.3) is 0 Å². The van der Waals surface area contributed by atoms with E-state index < -0.39 is 23.3 Å². The number of pyridine rings is 1. The van der Waals surface area contributed by atoms with Crippen LogP contribution in [0.1, 0.15) is 22.6 Å². The van der Waals surface area contributed by atoms with E-state index in [0.29, 0.717) is 16.5 Å². The predicted molar refractivity (Wildman–Crippen MR) is 116 cm³/mol. The van der Waals surface area contributed by atoms with Gasteiger partial charge in [0.15, 0.2) is 5.75 Å². The minimum atomic E-state index is -1.14. The molecule has 0 spiro atoms. The number of nitriles is 1. The summed E-state index contributed by atoms with van der Waals surface area (Å²) in [6.07, 6.45) is 1.30. The Hall–Kier alpha value is -4.51. The van der Waals surface area contributed by atoms with E-state index in [4.69, 9.17) is 14.9 Å². The van der Waals surface area contributed by atoms with Crippen molar-refractivity contribution >= 4 is 11.0 Å². The Morgan fingerprint density at radius 2 is 1.94 bits per heavy atom. The molecule has 0 fully saturated rings. The normalized spacial score (nSPS) is 15.2. The molecule has 8 heteroatoms. The Kier molecular flexibility index (Phi) is 4.68. The van der Waals surface area contributed by atoms with Gasteiger partial charge in [0.2, 0.25) is 11.8 Å². The van der Waals surface area contributed by atoms with E-state index >= 15 is 4.39 Å². The van der Waals surface area contributed by atoms with Crippen LogP contribution in [-0.2, 0) is 0 Å². The molecule has 33 heavy (non-hydrogen) atoms. The van der Waals surface area contributed by atoms with E-state index in [2.05, 4.69) is 4.98 Å². The summed E-state index contributed by atoms with van der Waals surface area (Å²) in [5.74, 6) is -2.58. The monoisotopic (exact) mass is 443 g/mol. The lowest BCUT2D eigenvalue weighted by Crippen LogP contribution is -2.26. The molecular weight excluding hydrogens is 428 g/mol. The number of para-hydroxylation sites is 1. The molecule has 2 aromatic heterocycles. The SMILES string of the molecule is Cc1c(-c2ccc(C3C(C#N)=C(N)Oc4c3c(=O)oc3ccccc43)c(F)c2)ccnc1F. The first kappa shape index (κ1) is 20.4. The van der Waals surface area contributed by atoms with Crippen LogP contribution in [0.3, 0.4) is 0 Å². The average molecular weight is 443 g/mol. The minimum Gasteiger partial charge on any atom is -0.439 e. The summed E-state index contributed by atoms with van der Waals surface area (Å²) >= 11 is 0. The standard InChI is InChI=1S/C25H15F2N3O3/c1-12-14(8-9-30-23(12)27)13-6-7-15(18(26)10-13)20-17(11-28)24(29)33-22-16-4-2-3-5-19(16)32-25(31)21(20)22/h2-10,20H,29H2,1H3. The lowest BCUT2D eigenvalue weighted by Gasteiger charge is -2.26. The molecule has 1 unspecified atom stereocenters. The van der Waals surface area contributed by atoms with Gasteiger partial charge in [0.1, 0.15) is 23.0 Å². The molecule has 0 amide bonds. The third-order valence-electron chi connectivity index (χ3n) is 5.74. The second-order valence-corrected chi connectivity index (χ2v) is 7.56. The highest BCUT2D eigenvalue weighted by molar-refractivity contribution is 5.86. The number of nitrogens with zero attached hydrogens (tertiary/aromatic N) is 2. The zero-order chi connectivity index (χ0) is 23.3. The second kappa shape index (κ2) is 7.57. The number of benzene rings is 2. The van der Waals surface area contributed by atoms with E-state index in [9.17, 15) is 14.4 Å². The molecular formula is C25H15F2N3O3. The van der Waals surface area contributed by atoms with Crippen LogP contribution < -0.4 is 16.1 Å². The third kappa shape index (κ3) is 3.13. The molecule has 2 aromatic carbocycles. The highest BCUT2D eigenvalue weighted by atomic mass is 19.1. The molecule has 0 aliphatic carbocycles. The summed E-state index contributed by atoms with van der Waals surface area (Å²) in [4.78, 5) is 16.5. The number of nitrogens with two attached hydrogens (primary N) is 1. The van der Waals surface area contributed by atoms with Crippen molar-refractivity contribution in [2.24, 2.45) is 5.73 Å².